The third-order valence-electron chi connectivity index (χ3n) is 3.56. The first-order valence-corrected chi connectivity index (χ1v) is 7.52. The van der Waals surface area contributed by atoms with Crippen molar-refractivity contribution in [3.8, 4) is 0 Å². The van der Waals surface area contributed by atoms with Crippen LogP contribution in [0.15, 0.2) is 46.7 Å². The molecule has 0 amide bonds. The summed E-state index contributed by atoms with van der Waals surface area (Å²) in [5.41, 5.74) is 1.77. The molecule has 0 bridgehead atoms. The van der Waals surface area contributed by atoms with Crippen LogP contribution >= 0.6 is 0 Å². The van der Waals surface area contributed by atoms with E-state index in [4.69, 9.17) is 9.47 Å². The fraction of sp³-hybridized carbons (Fsp3) is 0.500. The number of aliphatic hydroxyl groups is 1. The third kappa shape index (κ3) is 4.79. The molecule has 1 rings (SSSR count). The van der Waals surface area contributed by atoms with E-state index < -0.39 is 0 Å². The van der Waals surface area contributed by atoms with Crippen LogP contribution in [0.2, 0.25) is 0 Å². The number of Topliss-reactive ketones (excluding diaryl/α,β-unsaturated/α-hetero) is 1. The van der Waals surface area contributed by atoms with Crippen molar-refractivity contribution in [3.63, 3.8) is 0 Å². The lowest BCUT2D eigenvalue weighted by atomic mass is 9.96. The van der Waals surface area contributed by atoms with Gasteiger partial charge in [-0.3, -0.25) is 4.79 Å². The van der Waals surface area contributed by atoms with Gasteiger partial charge in [0.1, 0.15) is 0 Å². The number of carbonyl (C=O) groups excluding carboxylic acids is 1. The highest BCUT2D eigenvalue weighted by Crippen LogP contribution is 2.26. The summed E-state index contributed by atoms with van der Waals surface area (Å²) in [5, 5.41) is 9.92. The molecule has 0 unspecified atom stereocenters. The molecule has 122 valence electrons. The maximum atomic E-state index is 12.3. The summed E-state index contributed by atoms with van der Waals surface area (Å²) in [7, 11) is 2.79. The Morgan fingerprint density at radius 1 is 1.27 bits per heavy atom. The van der Waals surface area contributed by atoms with Crippen molar-refractivity contribution in [2.45, 2.75) is 40.0 Å². The Morgan fingerprint density at radius 3 is 2.45 bits per heavy atom. The van der Waals surface area contributed by atoms with Crippen molar-refractivity contribution < 1.29 is 19.4 Å². The highest BCUT2D eigenvalue weighted by Gasteiger charge is 2.28. The number of ketones is 1. The van der Waals surface area contributed by atoms with Gasteiger partial charge in [0.05, 0.1) is 14.2 Å². The number of hydrogen-bond donors (Lipinski definition) is 1. The van der Waals surface area contributed by atoms with Gasteiger partial charge in [-0.15, -0.1) is 0 Å². The van der Waals surface area contributed by atoms with Crippen LogP contribution in [0.3, 0.4) is 0 Å². The van der Waals surface area contributed by atoms with Crippen LogP contribution in [0.25, 0.3) is 0 Å². The van der Waals surface area contributed by atoms with E-state index in [9.17, 15) is 9.90 Å². The second kappa shape index (κ2) is 8.47. The summed E-state index contributed by atoms with van der Waals surface area (Å²) in [5.74, 6) is 0.258. The van der Waals surface area contributed by atoms with Crippen LogP contribution in [-0.4, -0.2) is 25.1 Å². The third-order valence-corrected chi connectivity index (χ3v) is 3.56. The number of rotatable bonds is 7. The van der Waals surface area contributed by atoms with E-state index in [0.29, 0.717) is 11.5 Å². The molecular formula is C18H26O4. The zero-order valence-corrected chi connectivity index (χ0v) is 14.1. The Bertz CT molecular complexity index is 531. The fourth-order valence-electron chi connectivity index (χ4n) is 2.27. The second-order valence-corrected chi connectivity index (χ2v) is 5.78. The van der Waals surface area contributed by atoms with E-state index in [0.717, 1.165) is 19.3 Å². The minimum absolute atomic E-state index is 0.0472. The zero-order chi connectivity index (χ0) is 16.7. The second-order valence-electron chi connectivity index (χ2n) is 5.78. The number of ether oxygens (including phenoxy) is 2. The maximum Gasteiger partial charge on any atom is 0.231 e. The Labute approximate surface area is 132 Å². The van der Waals surface area contributed by atoms with Crippen LogP contribution in [-0.2, 0) is 14.3 Å². The van der Waals surface area contributed by atoms with Gasteiger partial charge in [0, 0.05) is 5.57 Å². The van der Waals surface area contributed by atoms with Crippen molar-refractivity contribution in [3.05, 3.63) is 46.7 Å². The molecule has 0 aromatic heterocycles. The van der Waals surface area contributed by atoms with Crippen molar-refractivity contribution in [2.75, 3.05) is 14.2 Å². The van der Waals surface area contributed by atoms with E-state index in [-0.39, 0.29) is 23.1 Å². The first kappa shape index (κ1) is 18.1. The van der Waals surface area contributed by atoms with Gasteiger partial charge >= 0.3 is 0 Å². The summed E-state index contributed by atoms with van der Waals surface area (Å²) < 4.78 is 10.1. The summed E-state index contributed by atoms with van der Waals surface area (Å²) >= 11 is 0. The van der Waals surface area contributed by atoms with Crippen molar-refractivity contribution >= 4 is 5.78 Å². The van der Waals surface area contributed by atoms with Crippen LogP contribution < -0.4 is 0 Å². The lowest BCUT2D eigenvalue weighted by molar-refractivity contribution is -0.115. The van der Waals surface area contributed by atoms with Crippen LogP contribution in [0.4, 0.5) is 0 Å². The van der Waals surface area contributed by atoms with E-state index in [1.165, 1.54) is 25.9 Å². The first-order valence-electron chi connectivity index (χ1n) is 7.52. The lowest BCUT2D eigenvalue weighted by Crippen LogP contribution is -2.17. The molecule has 22 heavy (non-hydrogen) atoms. The van der Waals surface area contributed by atoms with E-state index in [1.807, 2.05) is 6.08 Å². The van der Waals surface area contributed by atoms with Crippen molar-refractivity contribution in [1.29, 1.82) is 0 Å². The topological polar surface area (TPSA) is 55.8 Å². The van der Waals surface area contributed by atoms with Crippen molar-refractivity contribution in [1.82, 2.24) is 0 Å². The molecular weight excluding hydrogens is 280 g/mol. The molecule has 0 spiro atoms. The lowest BCUT2D eigenvalue weighted by Gasteiger charge is -2.17. The Kier molecular flexibility index (Phi) is 6.96. The zero-order valence-electron chi connectivity index (χ0n) is 14.1. The number of carbonyl (C=O) groups is 1. The standard InChI is InChI=1S/C18H26O4/c1-12(2)7-6-8-13(3)9-10-14-11-15(19)17(21-4)18(22-5)16(14)20/h7,10-11,13,19H,6,8-9H2,1-5H3/b14-10+/t13-/m1/s1. The fourth-order valence-corrected chi connectivity index (χ4v) is 2.27. The van der Waals surface area contributed by atoms with Gasteiger partial charge in [-0.1, -0.05) is 24.6 Å². The number of hydrogen-bond acceptors (Lipinski definition) is 4. The first-order chi connectivity index (χ1) is 10.4. The molecule has 1 atom stereocenters. The molecule has 1 aliphatic rings. The highest BCUT2D eigenvalue weighted by molar-refractivity contribution is 6.10. The van der Waals surface area contributed by atoms with Gasteiger partial charge in [-0.2, -0.15) is 0 Å². The summed E-state index contributed by atoms with van der Waals surface area (Å²) in [6.07, 6.45) is 8.40. The molecule has 1 N–H and O–H groups in total. The van der Waals surface area contributed by atoms with Gasteiger partial charge in [-0.05, 0) is 45.1 Å². The van der Waals surface area contributed by atoms with E-state index in [1.54, 1.807) is 0 Å². The molecule has 0 heterocycles. The normalized spacial score (nSPS) is 18.1. The number of aliphatic hydroxyl groups excluding tert-OH is 1. The quantitative estimate of drug-likeness (QED) is 0.565. The Hall–Kier alpha value is -1.97. The SMILES string of the molecule is COC1=C(OC)C(O)=C/C(=C\C[C@H](C)CCC=C(C)C)C1=O. The monoisotopic (exact) mass is 306 g/mol. The molecule has 0 aliphatic heterocycles. The molecule has 4 heteroatoms. The molecule has 4 nitrogen and oxygen atoms in total. The summed E-state index contributed by atoms with van der Waals surface area (Å²) in [6, 6.07) is 0. The summed E-state index contributed by atoms with van der Waals surface area (Å²) in [6.45, 7) is 6.33. The van der Waals surface area contributed by atoms with E-state index >= 15 is 0 Å². The highest BCUT2D eigenvalue weighted by atomic mass is 16.5. The van der Waals surface area contributed by atoms with Crippen molar-refractivity contribution in [2.24, 2.45) is 5.92 Å². The molecule has 0 fully saturated rings. The molecule has 0 saturated carbocycles. The maximum absolute atomic E-state index is 12.3. The minimum Gasteiger partial charge on any atom is -0.504 e. The van der Waals surface area contributed by atoms with Gasteiger partial charge in [-0.25, -0.2) is 0 Å². The Balaban J connectivity index is 2.76. The average Bonchev–Trinajstić information content (AvgIpc) is 2.46. The van der Waals surface area contributed by atoms with Crippen LogP contribution in [0.1, 0.15) is 40.0 Å². The number of allylic oxidation sites excluding steroid dienone is 5. The molecule has 0 aromatic carbocycles. The number of methoxy groups -OCH3 is 2. The van der Waals surface area contributed by atoms with Gasteiger partial charge in [0.25, 0.3) is 0 Å². The Morgan fingerprint density at radius 2 is 1.91 bits per heavy atom. The molecule has 0 radical (unpaired) electrons. The average molecular weight is 306 g/mol. The smallest absolute Gasteiger partial charge is 0.231 e. The van der Waals surface area contributed by atoms with Gasteiger partial charge in [0.15, 0.2) is 5.76 Å². The predicted octanol–water partition coefficient (Wildman–Crippen LogP) is 4.21. The molecule has 0 saturated heterocycles. The minimum atomic E-state index is -0.256. The van der Waals surface area contributed by atoms with Crippen LogP contribution in [0.5, 0.6) is 0 Å². The molecule has 1 aliphatic carbocycles. The summed E-state index contributed by atoms with van der Waals surface area (Å²) in [4.78, 5) is 12.3. The largest absolute Gasteiger partial charge is 0.504 e. The van der Waals surface area contributed by atoms with Gasteiger partial charge < -0.3 is 14.6 Å². The van der Waals surface area contributed by atoms with Crippen LogP contribution in [0, 0.1) is 5.92 Å². The van der Waals surface area contributed by atoms with E-state index in [2.05, 4.69) is 26.8 Å². The van der Waals surface area contributed by atoms with Gasteiger partial charge in [0.2, 0.25) is 17.3 Å². The molecule has 0 aromatic rings. The predicted molar refractivity (Wildman–Crippen MR) is 87.3 cm³/mol.